The van der Waals surface area contributed by atoms with Crippen LogP contribution < -0.4 is 15.0 Å². The topological polar surface area (TPSA) is 71.5 Å². The van der Waals surface area contributed by atoms with Gasteiger partial charge in [-0.1, -0.05) is 6.07 Å². The Bertz CT molecular complexity index is 853. The van der Waals surface area contributed by atoms with Crippen LogP contribution in [-0.2, 0) is 22.4 Å². The summed E-state index contributed by atoms with van der Waals surface area (Å²) >= 11 is 1.55. The zero-order valence-corrected chi connectivity index (χ0v) is 15.7. The first-order chi connectivity index (χ1) is 12.5. The third kappa shape index (κ3) is 3.07. The number of benzene rings is 1. The predicted molar refractivity (Wildman–Crippen MR) is 101 cm³/mol. The SMILES string of the molecule is Cc1ccc2c(c1)N(C(C)C(=O)Nc1nc3c(s1)CCCC3)C(=O)CO2. The smallest absolute Gasteiger partial charge is 0.265 e. The van der Waals surface area contributed by atoms with Crippen LogP contribution in [0.2, 0.25) is 0 Å². The molecule has 0 saturated carbocycles. The molecule has 0 fully saturated rings. The molecule has 1 unspecified atom stereocenters. The van der Waals surface area contributed by atoms with Crippen LogP contribution >= 0.6 is 11.3 Å². The Labute approximate surface area is 156 Å². The highest BCUT2D eigenvalue weighted by Crippen LogP contribution is 2.35. The molecule has 1 aliphatic carbocycles. The molecule has 6 nitrogen and oxygen atoms in total. The fourth-order valence-corrected chi connectivity index (χ4v) is 4.49. The molecule has 4 rings (SSSR count). The number of aromatic nitrogens is 1. The van der Waals surface area contributed by atoms with Gasteiger partial charge in [0.2, 0.25) is 5.91 Å². The van der Waals surface area contributed by atoms with Crippen molar-refractivity contribution in [1.29, 1.82) is 0 Å². The van der Waals surface area contributed by atoms with E-state index in [0.29, 0.717) is 16.6 Å². The van der Waals surface area contributed by atoms with Crippen molar-refractivity contribution < 1.29 is 14.3 Å². The highest BCUT2D eigenvalue weighted by Gasteiger charge is 2.33. The minimum absolute atomic E-state index is 0.0563. The molecule has 0 radical (unpaired) electrons. The number of carbonyl (C=O) groups excluding carboxylic acids is 2. The zero-order valence-electron chi connectivity index (χ0n) is 14.9. The van der Waals surface area contributed by atoms with Crippen LogP contribution in [0.25, 0.3) is 0 Å². The Morgan fingerprint density at radius 1 is 1.35 bits per heavy atom. The summed E-state index contributed by atoms with van der Waals surface area (Å²) in [6.45, 7) is 3.62. The van der Waals surface area contributed by atoms with Gasteiger partial charge in [0.25, 0.3) is 5.91 Å². The average Bonchev–Trinajstić information content (AvgIpc) is 3.03. The average molecular weight is 371 g/mol. The van der Waals surface area contributed by atoms with Crippen molar-refractivity contribution in [3.05, 3.63) is 34.3 Å². The lowest BCUT2D eigenvalue weighted by Crippen LogP contribution is -2.49. The minimum atomic E-state index is -0.645. The Morgan fingerprint density at radius 2 is 2.15 bits per heavy atom. The molecule has 1 atom stereocenters. The van der Waals surface area contributed by atoms with Gasteiger partial charge in [0.1, 0.15) is 11.8 Å². The van der Waals surface area contributed by atoms with E-state index in [4.69, 9.17) is 4.74 Å². The number of hydrogen-bond donors (Lipinski definition) is 1. The fourth-order valence-electron chi connectivity index (χ4n) is 3.44. The molecule has 7 heteroatoms. The maximum absolute atomic E-state index is 12.8. The number of fused-ring (bicyclic) bond motifs is 2. The van der Waals surface area contributed by atoms with E-state index in [9.17, 15) is 9.59 Å². The molecule has 0 bridgehead atoms. The largest absolute Gasteiger partial charge is 0.482 e. The quantitative estimate of drug-likeness (QED) is 0.900. The van der Waals surface area contributed by atoms with Gasteiger partial charge in [0.15, 0.2) is 11.7 Å². The number of amides is 2. The summed E-state index contributed by atoms with van der Waals surface area (Å²) in [7, 11) is 0. The summed E-state index contributed by atoms with van der Waals surface area (Å²) < 4.78 is 5.49. The number of rotatable bonds is 3. The first kappa shape index (κ1) is 17.0. The first-order valence-corrected chi connectivity index (χ1v) is 9.69. The first-order valence-electron chi connectivity index (χ1n) is 8.88. The predicted octanol–water partition coefficient (Wildman–Crippen LogP) is 3.08. The molecule has 2 aromatic rings. The summed E-state index contributed by atoms with van der Waals surface area (Å²) in [5.74, 6) is 0.169. The summed E-state index contributed by atoms with van der Waals surface area (Å²) in [6.07, 6.45) is 4.34. The van der Waals surface area contributed by atoms with E-state index in [1.165, 1.54) is 16.2 Å². The zero-order chi connectivity index (χ0) is 18.3. The van der Waals surface area contributed by atoms with E-state index in [-0.39, 0.29) is 18.4 Å². The molecule has 0 spiro atoms. The normalized spacial score (nSPS) is 17.2. The summed E-state index contributed by atoms with van der Waals surface area (Å²) in [6, 6.07) is 4.99. The Balaban J connectivity index is 1.56. The van der Waals surface area contributed by atoms with Crippen molar-refractivity contribution >= 4 is 34.0 Å². The number of ether oxygens (including phenoxy) is 1. The van der Waals surface area contributed by atoms with Gasteiger partial charge in [-0.25, -0.2) is 4.98 Å². The lowest BCUT2D eigenvalue weighted by Gasteiger charge is -2.33. The van der Waals surface area contributed by atoms with Gasteiger partial charge in [-0.3, -0.25) is 14.5 Å². The molecular weight excluding hydrogens is 350 g/mol. The number of thiazole rings is 1. The second kappa shape index (κ2) is 6.72. The molecule has 0 saturated heterocycles. The van der Waals surface area contributed by atoms with Crippen molar-refractivity contribution in [2.45, 2.75) is 45.6 Å². The van der Waals surface area contributed by atoms with Crippen molar-refractivity contribution in [2.75, 3.05) is 16.8 Å². The van der Waals surface area contributed by atoms with Gasteiger partial charge in [-0.15, -0.1) is 11.3 Å². The van der Waals surface area contributed by atoms with Crippen molar-refractivity contribution in [3.8, 4) is 5.75 Å². The molecule has 1 aromatic carbocycles. The van der Waals surface area contributed by atoms with E-state index < -0.39 is 6.04 Å². The Morgan fingerprint density at radius 3 is 2.96 bits per heavy atom. The highest BCUT2D eigenvalue weighted by atomic mass is 32.1. The maximum atomic E-state index is 12.8. The molecule has 2 amide bonds. The van der Waals surface area contributed by atoms with Crippen molar-refractivity contribution in [3.63, 3.8) is 0 Å². The van der Waals surface area contributed by atoms with Gasteiger partial charge in [-0.2, -0.15) is 0 Å². The third-order valence-electron chi connectivity index (χ3n) is 4.84. The second-order valence-corrected chi connectivity index (χ2v) is 7.87. The third-order valence-corrected chi connectivity index (χ3v) is 5.91. The maximum Gasteiger partial charge on any atom is 0.265 e. The van der Waals surface area contributed by atoms with E-state index in [1.54, 1.807) is 18.3 Å². The number of hydrogen-bond acceptors (Lipinski definition) is 5. The van der Waals surface area contributed by atoms with Gasteiger partial charge in [-0.05, 0) is 57.2 Å². The molecule has 1 aromatic heterocycles. The molecule has 2 heterocycles. The standard InChI is InChI=1S/C19H21N3O3S/c1-11-7-8-15-14(9-11)22(17(23)10-25-15)12(2)18(24)21-19-20-13-5-3-4-6-16(13)26-19/h7-9,12H,3-6,10H2,1-2H3,(H,20,21,24). The minimum Gasteiger partial charge on any atom is -0.482 e. The van der Waals surface area contributed by atoms with Crippen LogP contribution in [0.5, 0.6) is 5.75 Å². The number of aryl methyl sites for hydroxylation is 3. The molecule has 136 valence electrons. The van der Waals surface area contributed by atoms with Crippen LogP contribution in [-0.4, -0.2) is 29.4 Å². The molecule has 1 aliphatic heterocycles. The van der Waals surface area contributed by atoms with E-state index in [1.807, 2.05) is 25.1 Å². The van der Waals surface area contributed by atoms with E-state index >= 15 is 0 Å². The van der Waals surface area contributed by atoms with Crippen LogP contribution in [0.1, 0.15) is 35.9 Å². The number of nitrogens with one attached hydrogen (secondary N) is 1. The Hall–Kier alpha value is -2.41. The highest BCUT2D eigenvalue weighted by molar-refractivity contribution is 7.15. The number of nitrogens with zero attached hydrogens (tertiary/aromatic N) is 2. The van der Waals surface area contributed by atoms with E-state index in [2.05, 4.69) is 10.3 Å². The summed E-state index contributed by atoms with van der Waals surface area (Å²) in [5.41, 5.74) is 2.75. The molecular formula is C19H21N3O3S. The number of carbonyl (C=O) groups is 2. The van der Waals surface area contributed by atoms with Gasteiger partial charge in [0, 0.05) is 4.88 Å². The lowest BCUT2D eigenvalue weighted by molar-refractivity contribution is -0.125. The second-order valence-electron chi connectivity index (χ2n) is 6.78. The fraction of sp³-hybridized carbons (Fsp3) is 0.421. The van der Waals surface area contributed by atoms with Crippen LogP contribution in [0.4, 0.5) is 10.8 Å². The molecule has 2 aliphatic rings. The summed E-state index contributed by atoms with van der Waals surface area (Å²) in [5, 5.41) is 3.52. The van der Waals surface area contributed by atoms with Crippen LogP contribution in [0.3, 0.4) is 0 Å². The monoisotopic (exact) mass is 371 g/mol. The van der Waals surface area contributed by atoms with Crippen LogP contribution in [0.15, 0.2) is 18.2 Å². The van der Waals surface area contributed by atoms with Gasteiger partial charge < -0.3 is 10.1 Å². The Kier molecular flexibility index (Phi) is 4.40. The van der Waals surface area contributed by atoms with Gasteiger partial charge >= 0.3 is 0 Å². The molecule has 1 N–H and O–H groups in total. The molecule has 26 heavy (non-hydrogen) atoms. The summed E-state index contributed by atoms with van der Waals surface area (Å²) in [4.78, 5) is 32.6. The van der Waals surface area contributed by atoms with E-state index in [0.717, 1.165) is 30.5 Å². The van der Waals surface area contributed by atoms with Crippen LogP contribution in [0, 0.1) is 6.92 Å². The van der Waals surface area contributed by atoms with Crippen molar-refractivity contribution in [1.82, 2.24) is 4.98 Å². The lowest BCUT2D eigenvalue weighted by atomic mass is 10.0. The van der Waals surface area contributed by atoms with Gasteiger partial charge in [0.05, 0.1) is 11.4 Å². The number of anilines is 2. The van der Waals surface area contributed by atoms with Crippen molar-refractivity contribution in [2.24, 2.45) is 0 Å².